The molecule has 4 rings (SSSR count). The first-order valence-corrected chi connectivity index (χ1v) is 10.7. The fraction of sp³-hybridized carbons (Fsp3) is 0.308. The van der Waals surface area contributed by atoms with E-state index in [4.69, 9.17) is 9.47 Å². The van der Waals surface area contributed by atoms with Crippen molar-refractivity contribution in [3.63, 3.8) is 0 Å². The largest absolute Gasteiger partial charge is 0.491 e. The lowest BCUT2D eigenvalue weighted by atomic mass is 9.89. The first kappa shape index (κ1) is 23.1. The van der Waals surface area contributed by atoms with Crippen LogP contribution in [0.5, 0.6) is 17.2 Å². The lowest BCUT2D eigenvalue weighted by molar-refractivity contribution is 0.0594. The highest BCUT2D eigenvalue weighted by Gasteiger charge is 2.22. The fourth-order valence-electron chi connectivity index (χ4n) is 3.94. The van der Waals surface area contributed by atoms with E-state index in [1.807, 2.05) is 60.7 Å². The van der Waals surface area contributed by atoms with Gasteiger partial charge < -0.3 is 19.5 Å². The minimum atomic E-state index is -0.476. The van der Waals surface area contributed by atoms with Gasteiger partial charge in [-0.1, -0.05) is 48.5 Å². The molecule has 4 nitrogen and oxygen atoms in total. The normalized spacial score (nSPS) is 15.6. The molecule has 1 aliphatic heterocycles. The van der Waals surface area contributed by atoms with Crippen LogP contribution in [0.4, 0.5) is 0 Å². The number of β-amino-alcohol motifs (C(OH)–C–C–N with tert-alkyl or cyclic N) is 1. The molecule has 0 amide bonds. The third-order valence-corrected chi connectivity index (χ3v) is 5.57. The molecule has 1 heterocycles. The molecular formula is C26H30ClNO3. The predicted octanol–water partition coefficient (Wildman–Crippen LogP) is 5.52. The van der Waals surface area contributed by atoms with Gasteiger partial charge in [-0.25, -0.2) is 0 Å². The number of para-hydroxylation sites is 2. The molecule has 1 saturated heterocycles. The van der Waals surface area contributed by atoms with Gasteiger partial charge in [0.05, 0.1) is 0 Å². The standard InChI is InChI=1S/C26H29NO3.ClH/c28-23(20-29-24-7-3-1-4-8-24)19-27-17-15-22(16-18-27)21-11-13-26(14-12-21)30-25-9-5-2-6-10-25;/h1-14,22-23,28H,15-20H2;1H. The van der Waals surface area contributed by atoms with Crippen LogP contribution in [0.3, 0.4) is 0 Å². The molecule has 0 saturated carbocycles. The lowest BCUT2D eigenvalue weighted by Gasteiger charge is -2.33. The van der Waals surface area contributed by atoms with Crippen molar-refractivity contribution in [2.45, 2.75) is 24.9 Å². The summed E-state index contributed by atoms with van der Waals surface area (Å²) in [7, 11) is 0. The first-order chi connectivity index (χ1) is 14.8. The smallest absolute Gasteiger partial charge is 0.127 e. The minimum absolute atomic E-state index is 0. The molecular weight excluding hydrogens is 410 g/mol. The maximum Gasteiger partial charge on any atom is 0.127 e. The minimum Gasteiger partial charge on any atom is -0.491 e. The van der Waals surface area contributed by atoms with Gasteiger partial charge in [0.1, 0.15) is 30.0 Å². The highest BCUT2D eigenvalue weighted by Crippen LogP contribution is 2.30. The number of aliphatic hydroxyl groups is 1. The topological polar surface area (TPSA) is 41.9 Å². The molecule has 0 aliphatic carbocycles. The zero-order valence-electron chi connectivity index (χ0n) is 17.6. The van der Waals surface area contributed by atoms with Crippen LogP contribution in [0.2, 0.25) is 0 Å². The number of benzene rings is 3. The molecule has 3 aromatic carbocycles. The summed E-state index contributed by atoms with van der Waals surface area (Å²) in [5.41, 5.74) is 1.36. The Balaban J connectivity index is 0.00000272. The highest BCUT2D eigenvalue weighted by molar-refractivity contribution is 5.85. The van der Waals surface area contributed by atoms with Crippen LogP contribution in [0.15, 0.2) is 84.9 Å². The molecule has 1 N–H and O–H groups in total. The van der Waals surface area contributed by atoms with Gasteiger partial charge >= 0.3 is 0 Å². The maximum absolute atomic E-state index is 10.3. The summed E-state index contributed by atoms with van der Waals surface area (Å²) >= 11 is 0. The predicted molar refractivity (Wildman–Crippen MR) is 127 cm³/mol. The second-order valence-corrected chi connectivity index (χ2v) is 7.84. The van der Waals surface area contributed by atoms with E-state index >= 15 is 0 Å². The molecule has 0 radical (unpaired) electrons. The number of nitrogens with zero attached hydrogens (tertiary/aromatic N) is 1. The summed E-state index contributed by atoms with van der Waals surface area (Å²) in [6.07, 6.45) is 1.73. The van der Waals surface area contributed by atoms with Crippen LogP contribution < -0.4 is 9.47 Å². The molecule has 164 valence electrons. The quantitative estimate of drug-likeness (QED) is 0.501. The monoisotopic (exact) mass is 439 g/mol. The van der Waals surface area contributed by atoms with Gasteiger partial charge in [-0.05, 0) is 73.8 Å². The summed E-state index contributed by atoms with van der Waals surface area (Å²) in [5.74, 6) is 3.08. The van der Waals surface area contributed by atoms with Crippen molar-refractivity contribution in [2.75, 3.05) is 26.2 Å². The molecule has 1 aliphatic rings. The van der Waals surface area contributed by atoms with Gasteiger partial charge in [-0.15, -0.1) is 12.4 Å². The maximum atomic E-state index is 10.3. The third kappa shape index (κ3) is 7.00. The van der Waals surface area contributed by atoms with Gasteiger partial charge in [-0.2, -0.15) is 0 Å². The Hall–Kier alpha value is -2.53. The number of ether oxygens (including phenoxy) is 2. The van der Waals surface area contributed by atoms with E-state index in [2.05, 4.69) is 29.2 Å². The zero-order valence-corrected chi connectivity index (χ0v) is 18.4. The van der Waals surface area contributed by atoms with Gasteiger partial charge in [0.2, 0.25) is 0 Å². The molecule has 31 heavy (non-hydrogen) atoms. The summed E-state index contributed by atoms with van der Waals surface area (Å²) < 4.78 is 11.6. The Bertz CT molecular complexity index is 882. The van der Waals surface area contributed by atoms with Crippen molar-refractivity contribution >= 4 is 12.4 Å². The van der Waals surface area contributed by atoms with Crippen LogP contribution in [-0.4, -0.2) is 42.4 Å². The Kier molecular flexibility index (Phi) is 8.77. The second kappa shape index (κ2) is 11.8. The molecule has 1 atom stereocenters. The Morgan fingerprint density at radius 1 is 0.774 bits per heavy atom. The number of piperidine rings is 1. The number of hydrogen-bond donors (Lipinski definition) is 1. The summed E-state index contributed by atoms with van der Waals surface area (Å²) in [6.45, 7) is 2.97. The van der Waals surface area contributed by atoms with Gasteiger partial charge in [0.25, 0.3) is 0 Å². The van der Waals surface area contributed by atoms with Crippen LogP contribution in [0.1, 0.15) is 24.3 Å². The SMILES string of the molecule is Cl.OC(COc1ccccc1)CN1CCC(c2ccc(Oc3ccccc3)cc2)CC1. The fourth-order valence-corrected chi connectivity index (χ4v) is 3.94. The van der Waals surface area contributed by atoms with Crippen molar-refractivity contribution in [2.24, 2.45) is 0 Å². The summed E-state index contributed by atoms with van der Waals surface area (Å²) in [5, 5.41) is 10.3. The van der Waals surface area contributed by atoms with E-state index in [0.717, 1.165) is 43.2 Å². The molecule has 1 fully saturated rings. The van der Waals surface area contributed by atoms with Crippen LogP contribution >= 0.6 is 12.4 Å². The Morgan fingerprint density at radius 3 is 1.94 bits per heavy atom. The van der Waals surface area contributed by atoms with Crippen molar-refractivity contribution in [1.82, 2.24) is 4.90 Å². The van der Waals surface area contributed by atoms with Crippen LogP contribution in [0.25, 0.3) is 0 Å². The molecule has 3 aromatic rings. The van der Waals surface area contributed by atoms with Gasteiger partial charge in [0, 0.05) is 6.54 Å². The number of aliphatic hydroxyl groups excluding tert-OH is 1. The average Bonchev–Trinajstić information content (AvgIpc) is 2.80. The van der Waals surface area contributed by atoms with Crippen molar-refractivity contribution < 1.29 is 14.6 Å². The van der Waals surface area contributed by atoms with Crippen molar-refractivity contribution in [3.05, 3.63) is 90.5 Å². The summed E-state index contributed by atoms with van der Waals surface area (Å²) in [4.78, 5) is 2.34. The van der Waals surface area contributed by atoms with E-state index in [1.165, 1.54) is 5.56 Å². The van der Waals surface area contributed by atoms with Crippen LogP contribution in [0, 0.1) is 0 Å². The second-order valence-electron chi connectivity index (χ2n) is 7.84. The summed E-state index contributed by atoms with van der Waals surface area (Å²) in [6, 6.07) is 28.0. The molecule has 5 heteroatoms. The molecule has 1 unspecified atom stereocenters. The molecule has 0 aromatic heterocycles. The van der Waals surface area contributed by atoms with Crippen molar-refractivity contribution in [1.29, 1.82) is 0 Å². The van der Waals surface area contributed by atoms with E-state index < -0.39 is 6.10 Å². The van der Waals surface area contributed by atoms with E-state index in [1.54, 1.807) is 0 Å². The number of halogens is 1. The molecule has 0 spiro atoms. The first-order valence-electron chi connectivity index (χ1n) is 10.7. The number of hydrogen-bond acceptors (Lipinski definition) is 4. The van der Waals surface area contributed by atoms with E-state index in [0.29, 0.717) is 19.1 Å². The third-order valence-electron chi connectivity index (χ3n) is 5.57. The van der Waals surface area contributed by atoms with Crippen LogP contribution in [-0.2, 0) is 0 Å². The highest BCUT2D eigenvalue weighted by atomic mass is 35.5. The Labute approximate surface area is 190 Å². The lowest BCUT2D eigenvalue weighted by Crippen LogP contribution is -2.40. The number of likely N-dealkylation sites (tertiary alicyclic amines) is 1. The Morgan fingerprint density at radius 2 is 1.32 bits per heavy atom. The van der Waals surface area contributed by atoms with Crippen molar-refractivity contribution in [3.8, 4) is 17.2 Å². The zero-order chi connectivity index (χ0) is 20.6. The van der Waals surface area contributed by atoms with E-state index in [9.17, 15) is 5.11 Å². The van der Waals surface area contributed by atoms with Gasteiger partial charge in [0.15, 0.2) is 0 Å². The van der Waals surface area contributed by atoms with E-state index in [-0.39, 0.29) is 12.4 Å². The van der Waals surface area contributed by atoms with Gasteiger partial charge in [-0.3, -0.25) is 0 Å². The number of rotatable bonds is 8. The molecule has 0 bridgehead atoms. The average molecular weight is 440 g/mol.